The van der Waals surface area contributed by atoms with Crippen LogP contribution in [0.15, 0.2) is 47.1 Å². The summed E-state index contributed by atoms with van der Waals surface area (Å²) in [6.45, 7) is -0.0533. The summed E-state index contributed by atoms with van der Waals surface area (Å²) in [5.41, 5.74) is -0.154. The molecule has 0 amide bonds. The van der Waals surface area contributed by atoms with Crippen molar-refractivity contribution in [2.24, 2.45) is 0 Å². The van der Waals surface area contributed by atoms with Crippen LogP contribution in [-0.4, -0.2) is 13.3 Å². The number of furan rings is 1. The summed E-state index contributed by atoms with van der Waals surface area (Å²) in [6, 6.07) is 7.93. The van der Waals surface area contributed by atoms with Crippen molar-refractivity contribution >= 4 is 16.0 Å². The number of nitro groups is 1. The lowest BCUT2D eigenvalue weighted by Crippen LogP contribution is -2.27. The first-order valence-electron chi connectivity index (χ1n) is 5.42. The number of nitrogens with zero attached hydrogens (tertiary/aromatic N) is 1. The van der Waals surface area contributed by atoms with Crippen molar-refractivity contribution in [1.29, 1.82) is 0 Å². The second-order valence-corrected chi connectivity index (χ2v) is 5.05. The largest absolute Gasteiger partial charge is 0.468 e. The summed E-state index contributed by atoms with van der Waals surface area (Å²) in [6.07, 6.45) is 1.42. The predicted molar refractivity (Wildman–Crippen MR) is 68.2 cm³/mol. The molecule has 1 N–H and O–H groups in total. The van der Waals surface area contributed by atoms with E-state index in [1.165, 1.54) is 18.4 Å². The number of non-ortho nitro benzene ring substituents is 1. The van der Waals surface area contributed by atoms with Crippen LogP contribution in [0.25, 0.3) is 0 Å². The number of hydrogen-bond acceptors (Lipinski definition) is 6. The van der Waals surface area contributed by atoms with Crippen molar-refractivity contribution in [1.82, 2.24) is 4.72 Å². The molecule has 8 nitrogen and oxygen atoms in total. The Labute approximate surface area is 114 Å². The van der Waals surface area contributed by atoms with Gasteiger partial charge in [0.05, 0.1) is 17.7 Å². The van der Waals surface area contributed by atoms with Gasteiger partial charge in [0.1, 0.15) is 11.5 Å². The van der Waals surface area contributed by atoms with Crippen LogP contribution in [0.3, 0.4) is 0 Å². The zero-order chi connectivity index (χ0) is 14.6. The zero-order valence-corrected chi connectivity index (χ0v) is 10.9. The first-order chi connectivity index (χ1) is 9.46. The molecular formula is C11H10N2O6S. The van der Waals surface area contributed by atoms with Crippen LogP contribution in [0.4, 0.5) is 5.69 Å². The van der Waals surface area contributed by atoms with Crippen LogP contribution in [0, 0.1) is 10.1 Å². The topological polar surface area (TPSA) is 112 Å². The highest BCUT2D eigenvalue weighted by molar-refractivity contribution is 7.85. The molecule has 1 heterocycles. The predicted octanol–water partition coefficient (Wildman–Crippen LogP) is 1.60. The molecule has 20 heavy (non-hydrogen) atoms. The Morgan fingerprint density at radius 1 is 1.25 bits per heavy atom. The maximum absolute atomic E-state index is 11.6. The summed E-state index contributed by atoms with van der Waals surface area (Å²) in [7, 11) is -4.02. The molecule has 1 aromatic carbocycles. The van der Waals surface area contributed by atoms with E-state index in [9.17, 15) is 18.5 Å². The van der Waals surface area contributed by atoms with Crippen molar-refractivity contribution < 1.29 is 21.9 Å². The summed E-state index contributed by atoms with van der Waals surface area (Å²) < 4.78 is 35.1. The van der Waals surface area contributed by atoms with Crippen molar-refractivity contribution in [3.8, 4) is 5.75 Å². The van der Waals surface area contributed by atoms with E-state index in [4.69, 9.17) is 8.60 Å². The van der Waals surface area contributed by atoms with E-state index >= 15 is 0 Å². The van der Waals surface area contributed by atoms with Gasteiger partial charge in [0.2, 0.25) is 0 Å². The summed E-state index contributed by atoms with van der Waals surface area (Å²) in [5.74, 6) is 0.406. The van der Waals surface area contributed by atoms with Gasteiger partial charge in [-0.3, -0.25) is 10.1 Å². The van der Waals surface area contributed by atoms with Crippen LogP contribution in [0.1, 0.15) is 5.76 Å². The van der Waals surface area contributed by atoms with Crippen molar-refractivity contribution in [3.05, 3.63) is 58.5 Å². The van der Waals surface area contributed by atoms with E-state index < -0.39 is 15.2 Å². The van der Waals surface area contributed by atoms with Crippen LogP contribution in [0.2, 0.25) is 0 Å². The van der Waals surface area contributed by atoms with Gasteiger partial charge in [-0.05, 0) is 24.3 Å². The number of hydrogen-bond donors (Lipinski definition) is 1. The monoisotopic (exact) mass is 298 g/mol. The van der Waals surface area contributed by atoms with E-state index in [0.717, 1.165) is 12.1 Å². The summed E-state index contributed by atoms with van der Waals surface area (Å²) >= 11 is 0. The molecule has 0 radical (unpaired) electrons. The molecule has 0 aliphatic carbocycles. The average Bonchev–Trinajstić information content (AvgIpc) is 2.90. The molecule has 1 aromatic heterocycles. The van der Waals surface area contributed by atoms with Crippen LogP contribution >= 0.6 is 0 Å². The van der Waals surface area contributed by atoms with Gasteiger partial charge in [0, 0.05) is 12.1 Å². The second-order valence-electron chi connectivity index (χ2n) is 3.69. The van der Waals surface area contributed by atoms with E-state index in [0.29, 0.717) is 5.76 Å². The van der Waals surface area contributed by atoms with Gasteiger partial charge in [0.25, 0.3) is 5.69 Å². The Kier molecular flexibility index (Phi) is 4.01. The van der Waals surface area contributed by atoms with Gasteiger partial charge in [0.15, 0.2) is 0 Å². The Morgan fingerprint density at radius 2 is 1.95 bits per heavy atom. The zero-order valence-electron chi connectivity index (χ0n) is 10.1. The van der Waals surface area contributed by atoms with Crippen molar-refractivity contribution in [2.75, 3.05) is 0 Å². The van der Waals surface area contributed by atoms with Crippen LogP contribution < -0.4 is 8.91 Å². The van der Waals surface area contributed by atoms with Crippen molar-refractivity contribution in [3.63, 3.8) is 0 Å². The Morgan fingerprint density at radius 3 is 2.50 bits per heavy atom. The van der Waals surface area contributed by atoms with E-state index in [-0.39, 0.29) is 18.0 Å². The Bertz CT molecular complexity index is 678. The van der Waals surface area contributed by atoms with Gasteiger partial charge < -0.3 is 8.60 Å². The number of rotatable bonds is 6. The highest BCUT2D eigenvalue weighted by Crippen LogP contribution is 2.18. The van der Waals surface area contributed by atoms with Crippen LogP contribution in [0.5, 0.6) is 5.75 Å². The van der Waals surface area contributed by atoms with Gasteiger partial charge in [-0.25, -0.2) is 0 Å². The molecule has 0 unspecified atom stereocenters. The first kappa shape index (κ1) is 14.0. The Hall–Kier alpha value is -2.39. The molecule has 106 valence electrons. The molecule has 0 fully saturated rings. The quantitative estimate of drug-likeness (QED) is 0.640. The Balaban J connectivity index is 1.98. The average molecular weight is 298 g/mol. The van der Waals surface area contributed by atoms with Gasteiger partial charge in [-0.2, -0.15) is 13.1 Å². The lowest BCUT2D eigenvalue weighted by atomic mass is 10.3. The minimum Gasteiger partial charge on any atom is -0.468 e. The fourth-order valence-corrected chi connectivity index (χ4v) is 2.09. The number of nitro benzene ring substituents is 1. The van der Waals surface area contributed by atoms with Gasteiger partial charge >= 0.3 is 10.3 Å². The minimum absolute atomic E-state index is 0.0254. The molecule has 0 atom stereocenters. The van der Waals surface area contributed by atoms with Crippen molar-refractivity contribution in [2.45, 2.75) is 6.54 Å². The molecule has 0 saturated heterocycles. The fraction of sp³-hybridized carbons (Fsp3) is 0.0909. The fourth-order valence-electron chi connectivity index (χ4n) is 1.35. The molecular weight excluding hydrogens is 288 g/mol. The summed E-state index contributed by atoms with van der Waals surface area (Å²) in [5, 5.41) is 10.5. The van der Waals surface area contributed by atoms with E-state index in [1.54, 1.807) is 12.1 Å². The lowest BCUT2D eigenvalue weighted by molar-refractivity contribution is -0.384. The first-order valence-corrected chi connectivity index (χ1v) is 6.83. The minimum atomic E-state index is -4.02. The SMILES string of the molecule is O=[N+]([O-])c1ccc(OS(=O)(=O)NCc2ccco2)cc1. The molecule has 9 heteroatoms. The number of nitrogens with one attached hydrogen (secondary N) is 1. The normalized spacial score (nSPS) is 11.2. The van der Waals surface area contributed by atoms with Crippen LogP contribution in [-0.2, 0) is 16.8 Å². The smallest absolute Gasteiger partial charge is 0.383 e. The third-order valence-corrected chi connectivity index (χ3v) is 3.17. The van der Waals surface area contributed by atoms with E-state index in [2.05, 4.69) is 4.72 Å². The standard InChI is InChI=1S/C11H10N2O6S/c14-13(15)9-3-5-10(6-4-9)19-20(16,17)12-8-11-2-1-7-18-11/h1-7,12H,8H2. The molecule has 2 rings (SSSR count). The maximum Gasteiger partial charge on any atom is 0.383 e. The molecule has 0 spiro atoms. The highest BCUT2D eigenvalue weighted by Gasteiger charge is 2.14. The lowest BCUT2D eigenvalue weighted by Gasteiger charge is -2.06. The van der Waals surface area contributed by atoms with Gasteiger partial charge in [-0.15, -0.1) is 0 Å². The molecule has 0 aliphatic rings. The highest BCUT2D eigenvalue weighted by atomic mass is 32.2. The third-order valence-electron chi connectivity index (χ3n) is 2.26. The molecule has 2 aromatic rings. The molecule has 0 aliphatic heterocycles. The second kappa shape index (κ2) is 5.72. The maximum atomic E-state index is 11.6. The summed E-state index contributed by atoms with van der Waals surface area (Å²) in [4.78, 5) is 9.87. The molecule has 0 bridgehead atoms. The third kappa shape index (κ3) is 3.80. The van der Waals surface area contributed by atoms with Gasteiger partial charge in [-0.1, -0.05) is 0 Å². The number of benzene rings is 1. The molecule has 0 saturated carbocycles. The van der Waals surface area contributed by atoms with E-state index in [1.807, 2.05) is 0 Å².